The van der Waals surface area contributed by atoms with Crippen molar-refractivity contribution < 1.29 is 9.45 Å². The lowest BCUT2D eigenvalue weighted by molar-refractivity contribution is -0.384. The largest absolute Gasteiger partial charge is 0.369 e. The first-order chi connectivity index (χ1) is 10.1. The molecule has 0 unspecified atom stereocenters. The molecule has 1 aromatic carbocycles. The van der Waals surface area contributed by atoms with Crippen LogP contribution < -0.4 is 5.63 Å². The van der Waals surface area contributed by atoms with Gasteiger partial charge in [0.05, 0.1) is 10.4 Å². The van der Waals surface area contributed by atoms with Crippen molar-refractivity contribution in [1.82, 2.24) is 9.72 Å². The fourth-order valence-electron chi connectivity index (χ4n) is 3.02. The van der Waals surface area contributed by atoms with E-state index in [1.807, 2.05) is 4.57 Å². The van der Waals surface area contributed by atoms with Crippen molar-refractivity contribution in [2.45, 2.75) is 19.4 Å². The molecular weight excluding hydrogens is 298 g/mol. The number of pyridine rings is 1. The van der Waals surface area contributed by atoms with Gasteiger partial charge in [0.1, 0.15) is 16.3 Å². The summed E-state index contributed by atoms with van der Waals surface area (Å²) in [6, 6.07) is 2.91. The zero-order valence-corrected chi connectivity index (χ0v) is 11.4. The van der Waals surface area contributed by atoms with Crippen LogP contribution in [0.15, 0.2) is 21.5 Å². The summed E-state index contributed by atoms with van der Waals surface area (Å²) >= 11 is 6.00. The summed E-state index contributed by atoms with van der Waals surface area (Å²) in [5.74, 6) is 0. The first-order valence-corrected chi connectivity index (χ1v) is 6.74. The summed E-state index contributed by atoms with van der Waals surface area (Å²) < 4.78 is 6.72. The van der Waals surface area contributed by atoms with Crippen LogP contribution in [0.1, 0.15) is 12.1 Å². The SMILES string of the molecule is O=c1onc2c3cc([N+](=O)[O-])c(Cl)cc3n3c(c1-2)CCC3. The molecule has 0 aromatic heterocycles. The minimum absolute atomic E-state index is 0.0688. The van der Waals surface area contributed by atoms with E-state index in [-0.39, 0.29) is 10.7 Å². The first kappa shape index (κ1) is 12.3. The van der Waals surface area contributed by atoms with E-state index in [9.17, 15) is 14.9 Å². The molecule has 1 aromatic rings. The molecule has 0 spiro atoms. The van der Waals surface area contributed by atoms with Crippen LogP contribution in [0, 0.1) is 10.1 Å². The van der Waals surface area contributed by atoms with Gasteiger partial charge < -0.3 is 9.09 Å². The number of nitro benzene ring substituents is 1. The molecule has 106 valence electrons. The van der Waals surface area contributed by atoms with E-state index in [1.54, 1.807) is 6.07 Å². The monoisotopic (exact) mass is 305 g/mol. The Bertz CT molecular complexity index is 943. The topological polar surface area (TPSA) is 91.2 Å². The van der Waals surface area contributed by atoms with Crippen molar-refractivity contribution in [2.24, 2.45) is 0 Å². The Morgan fingerprint density at radius 2 is 2.24 bits per heavy atom. The predicted molar refractivity (Wildman–Crippen MR) is 74.9 cm³/mol. The molecule has 8 heteroatoms. The molecule has 3 heterocycles. The summed E-state index contributed by atoms with van der Waals surface area (Å²) in [4.78, 5) is 22.4. The molecule has 0 bridgehead atoms. The molecule has 7 nitrogen and oxygen atoms in total. The van der Waals surface area contributed by atoms with Crippen LogP contribution in [0.25, 0.3) is 22.2 Å². The Morgan fingerprint density at radius 1 is 1.43 bits per heavy atom. The van der Waals surface area contributed by atoms with Crippen LogP contribution in [0.4, 0.5) is 5.69 Å². The number of hydrogen-bond donors (Lipinski definition) is 0. The predicted octanol–water partition coefficient (Wildman–Crippen LogP) is 2.60. The quantitative estimate of drug-likeness (QED) is 0.509. The van der Waals surface area contributed by atoms with E-state index in [4.69, 9.17) is 16.1 Å². The van der Waals surface area contributed by atoms with Crippen LogP contribution in [0.2, 0.25) is 5.02 Å². The molecule has 0 N–H and O–H groups in total. The highest BCUT2D eigenvalue weighted by molar-refractivity contribution is 6.33. The van der Waals surface area contributed by atoms with Gasteiger partial charge in [0.25, 0.3) is 5.69 Å². The van der Waals surface area contributed by atoms with E-state index in [0.717, 1.165) is 30.6 Å². The maximum atomic E-state index is 11.9. The van der Waals surface area contributed by atoms with E-state index < -0.39 is 10.5 Å². The lowest BCUT2D eigenvalue weighted by Gasteiger charge is -2.13. The number of halogens is 1. The molecule has 21 heavy (non-hydrogen) atoms. The van der Waals surface area contributed by atoms with Gasteiger partial charge in [-0.2, -0.15) is 0 Å². The molecular formula is C13H8ClN3O4. The van der Waals surface area contributed by atoms with Crippen molar-refractivity contribution in [2.75, 3.05) is 0 Å². The van der Waals surface area contributed by atoms with E-state index >= 15 is 0 Å². The van der Waals surface area contributed by atoms with Gasteiger partial charge >= 0.3 is 5.63 Å². The molecule has 3 aliphatic rings. The summed E-state index contributed by atoms with van der Waals surface area (Å²) in [5, 5.41) is 15.4. The van der Waals surface area contributed by atoms with Crippen LogP contribution in [0.3, 0.4) is 0 Å². The molecule has 0 aliphatic carbocycles. The molecule has 0 fully saturated rings. The molecule has 0 radical (unpaired) electrons. The van der Waals surface area contributed by atoms with Gasteiger partial charge in [-0.05, 0) is 18.9 Å². The highest BCUT2D eigenvalue weighted by Gasteiger charge is 2.29. The van der Waals surface area contributed by atoms with E-state index in [0.29, 0.717) is 16.6 Å². The number of rotatable bonds is 1. The van der Waals surface area contributed by atoms with Gasteiger partial charge in [0.15, 0.2) is 0 Å². The van der Waals surface area contributed by atoms with Crippen molar-refractivity contribution in [3.8, 4) is 11.3 Å². The van der Waals surface area contributed by atoms with Crippen molar-refractivity contribution in [1.29, 1.82) is 0 Å². The maximum absolute atomic E-state index is 11.9. The number of benzene rings is 1. The normalized spacial score (nSPS) is 14.0. The van der Waals surface area contributed by atoms with Crippen molar-refractivity contribution >= 4 is 28.2 Å². The number of nitrogens with zero attached hydrogens (tertiary/aromatic N) is 3. The first-order valence-electron chi connectivity index (χ1n) is 6.36. The smallest absolute Gasteiger partial charge is 0.344 e. The van der Waals surface area contributed by atoms with Gasteiger partial charge in [-0.25, -0.2) is 4.79 Å². The number of fused-ring (bicyclic) bond motifs is 6. The Labute approximate surface area is 122 Å². The highest BCUT2D eigenvalue weighted by atomic mass is 35.5. The second-order valence-electron chi connectivity index (χ2n) is 4.97. The Balaban J connectivity index is 2.24. The number of nitro groups is 1. The van der Waals surface area contributed by atoms with Crippen LogP contribution >= 0.6 is 11.6 Å². The summed E-state index contributed by atoms with van der Waals surface area (Å²) in [5.41, 5.74) is 1.65. The third kappa shape index (κ3) is 1.55. The zero-order chi connectivity index (χ0) is 14.7. The standard InChI is InChI=1S/C13H8ClN3O4/c14-7-5-9-6(4-10(7)17(19)20)12-11(13(18)21-15-12)8-2-1-3-16(8)9/h4-5H,1-3H2. The molecule has 0 saturated carbocycles. The highest BCUT2D eigenvalue weighted by Crippen LogP contribution is 2.39. The minimum Gasteiger partial charge on any atom is -0.344 e. The van der Waals surface area contributed by atoms with Gasteiger partial charge in [-0.3, -0.25) is 10.1 Å². The third-order valence-electron chi connectivity index (χ3n) is 3.88. The third-order valence-corrected chi connectivity index (χ3v) is 4.18. The average Bonchev–Trinajstić information content (AvgIpc) is 3.04. The lowest BCUT2D eigenvalue weighted by Crippen LogP contribution is -2.08. The average molecular weight is 306 g/mol. The second-order valence-corrected chi connectivity index (χ2v) is 5.38. The summed E-state index contributed by atoms with van der Waals surface area (Å²) in [6.07, 6.45) is 1.64. The van der Waals surface area contributed by atoms with Gasteiger partial charge in [0, 0.05) is 23.7 Å². The fraction of sp³-hybridized carbons (Fsp3) is 0.231. The van der Waals surface area contributed by atoms with Crippen molar-refractivity contribution in [3.63, 3.8) is 0 Å². The Kier molecular flexibility index (Phi) is 2.38. The second kappa shape index (κ2) is 4.05. The van der Waals surface area contributed by atoms with Crippen molar-refractivity contribution in [3.05, 3.63) is 43.4 Å². The van der Waals surface area contributed by atoms with Crippen LogP contribution in [-0.2, 0) is 13.0 Å². The number of aromatic nitrogens is 2. The van der Waals surface area contributed by atoms with Gasteiger partial charge in [-0.1, -0.05) is 16.8 Å². The van der Waals surface area contributed by atoms with E-state index in [2.05, 4.69) is 5.16 Å². The molecule has 0 saturated heterocycles. The Hall–Kier alpha value is -2.41. The Morgan fingerprint density at radius 3 is 3.00 bits per heavy atom. The van der Waals surface area contributed by atoms with Crippen LogP contribution in [0.5, 0.6) is 0 Å². The summed E-state index contributed by atoms with van der Waals surface area (Å²) in [7, 11) is 0. The minimum atomic E-state index is -0.552. The van der Waals surface area contributed by atoms with E-state index in [1.165, 1.54) is 6.07 Å². The van der Waals surface area contributed by atoms with Gasteiger partial charge in [-0.15, -0.1) is 0 Å². The fourth-order valence-corrected chi connectivity index (χ4v) is 3.24. The maximum Gasteiger partial charge on any atom is 0.369 e. The summed E-state index contributed by atoms with van der Waals surface area (Å²) in [6.45, 7) is 0.737. The van der Waals surface area contributed by atoms with Crippen LogP contribution in [-0.4, -0.2) is 14.6 Å². The lowest BCUT2D eigenvalue weighted by atomic mass is 10.0. The molecule has 3 aliphatic heterocycles. The molecule has 0 amide bonds. The van der Waals surface area contributed by atoms with Gasteiger partial charge in [0.2, 0.25) is 0 Å². The zero-order valence-electron chi connectivity index (χ0n) is 10.6. The molecule has 0 atom stereocenters. The molecule has 4 rings (SSSR count). The number of aryl methyl sites for hydroxylation is 1. The number of hydrogen-bond acceptors (Lipinski definition) is 5.